The number of rotatable bonds is 2. The monoisotopic (exact) mass is 416 g/mol. The van der Waals surface area contributed by atoms with E-state index in [9.17, 15) is 14.0 Å². The van der Waals surface area contributed by atoms with Crippen molar-refractivity contribution in [1.82, 2.24) is 5.32 Å². The first kappa shape index (κ1) is 20.8. The molecule has 0 aliphatic carbocycles. The van der Waals surface area contributed by atoms with E-state index in [1.807, 2.05) is 20.8 Å². The number of fused-ring (bicyclic) bond motifs is 1. The van der Waals surface area contributed by atoms with Crippen LogP contribution in [0.5, 0.6) is 0 Å². The maximum atomic E-state index is 14.5. The van der Waals surface area contributed by atoms with Gasteiger partial charge in [-0.2, -0.15) is 0 Å². The van der Waals surface area contributed by atoms with E-state index in [4.69, 9.17) is 11.6 Å². The highest BCUT2D eigenvalue weighted by Gasteiger charge is 2.28. The molecule has 3 rings (SSSR count). The van der Waals surface area contributed by atoms with Crippen LogP contribution in [0, 0.1) is 5.82 Å². The molecule has 0 spiro atoms. The van der Waals surface area contributed by atoms with Crippen molar-refractivity contribution < 1.29 is 14.0 Å². The Balaban J connectivity index is 2.13. The van der Waals surface area contributed by atoms with Crippen molar-refractivity contribution in [1.29, 1.82) is 0 Å². The van der Waals surface area contributed by atoms with Crippen LogP contribution < -0.4 is 15.5 Å². The van der Waals surface area contributed by atoms with Gasteiger partial charge in [0, 0.05) is 23.7 Å². The van der Waals surface area contributed by atoms with Gasteiger partial charge < -0.3 is 15.5 Å². The standard InChI is InChI=1S/C21H22ClFN4O2/c1-21(2,3)26-20(29)25-14-9-10-15-17(18(14)22)19(24-11-16(28)27(15)4)12-7-5-6-8-13(12)23/h5-10H,11H2,1-4H3,(H2,25,26,29). The van der Waals surface area contributed by atoms with E-state index in [1.165, 1.54) is 11.0 Å². The number of hydrogen-bond acceptors (Lipinski definition) is 3. The predicted octanol–water partition coefficient (Wildman–Crippen LogP) is 4.21. The van der Waals surface area contributed by atoms with Gasteiger partial charge in [-0.15, -0.1) is 0 Å². The van der Waals surface area contributed by atoms with Crippen LogP contribution in [0.1, 0.15) is 31.9 Å². The van der Waals surface area contributed by atoms with Gasteiger partial charge in [0.2, 0.25) is 5.91 Å². The number of carbonyl (C=O) groups excluding carboxylic acids is 2. The third-order valence-corrected chi connectivity index (χ3v) is 4.72. The number of nitrogens with zero attached hydrogens (tertiary/aromatic N) is 2. The Labute approximate surface area is 173 Å². The molecular formula is C21H22ClFN4O2. The fourth-order valence-corrected chi connectivity index (χ4v) is 3.30. The molecule has 0 saturated heterocycles. The summed E-state index contributed by atoms with van der Waals surface area (Å²) < 4.78 is 14.5. The molecule has 2 aromatic rings. The van der Waals surface area contributed by atoms with Gasteiger partial charge in [-0.05, 0) is 45.0 Å². The second-order valence-corrected chi connectivity index (χ2v) is 8.13. The average Bonchev–Trinajstić information content (AvgIpc) is 2.75. The molecule has 1 heterocycles. The topological polar surface area (TPSA) is 73.8 Å². The first-order valence-electron chi connectivity index (χ1n) is 9.06. The lowest BCUT2D eigenvalue weighted by Crippen LogP contribution is -2.43. The Morgan fingerprint density at radius 1 is 1.21 bits per heavy atom. The molecule has 29 heavy (non-hydrogen) atoms. The summed E-state index contributed by atoms with van der Waals surface area (Å²) in [6.07, 6.45) is 0. The minimum atomic E-state index is -0.478. The van der Waals surface area contributed by atoms with Gasteiger partial charge in [-0.25, -0.2) is 9.18 Å². The molecule has 8 heteroatoms. The number of benzene rings is 2. The number of amides is 3. The molecular weight excluding hydrogens is 395 g/mol. The van der Waals surface area contributed by atoms with Crippen LogP contribution in [0.15, 0.2) is 41.4 Å². The first-order valence-corrected chi connectivity index (χ1v) is 9.44. The summed E-state index contributed by atoms with van der Waals surface area (Å²) in [6, 6.07) is 9.00. The summed E-state index contributed by atoms with van der Waals surface area (Å²) in [5.41, 5.74) is 1.27. The number of likely N-dealkylation sites (N-methyl/N-ethyl adjacent to an activating group) is 1. The minimum Gasteiger partial charge on any atom is -0.333 e. The number of halogens is 2. The zero-order valence-electron chi connectivity index (χ0n) is 16.6. The second kappa shape index (κ2) is 7.83. The van der Waals surface area contributed by atoms with Crippen LogP contribution in [0.4, 0.5) is 20.6 Å². The van der Waals surface area contributed by atoms with Crippen LogP contribution in [-0.4, -0.2) is 36.8 Å². The molecule has 0 bridgehead atoms. The van der Waals surface area contributed by atoms with E-state index < -0.39 is 17.4 Å². The summed E-state index contributed by atoms with van der Waals surface area (Å²) >= 11 is 6.64. The normalized spacial score (nSPS) is 14.1. The zero-order valence-corrected chi connectivity index (χ0v) is 17.4. The summed E-state index contributed by atoms with van der Waals surface area (Å²) in [4.78, 5) is 30.4. The van der Waals surface area contributed by atoms with Crippen LogP contribution in [0.2, 0.25) is 5.02 Å². The quantitative estimate of drug-likeness (QED) is 0.769. The van der Waals surface area contributed by atoms with E-state index in [0.717, 1.165) is 0 Å². The first-order chi connectivity index (χ1) is 13.6. The third-order valence-electron chi connectivity index (χ3n) is 4.33. The minimum absolute atomic E-state index is 0.140. The number of anilines is 2. The SMILES string of the molecule is CN1C(=O)CN=C(c2ccccc2F)c2c1ccc(NC(=O)NC(C)(C)C)c2Cl. The fraction of sp³-hybridized carbons (Fsp3) is 0.286. The Hall–Kier alpha value is -2.93. The Morgan fingerprint density at radius 2 is 1.90 bits per heavy atom. The lowest BCUT2D eigenvalue weighted by atomic mass is 9.99. The molecule has 0 saturated carbocycles. The summed E-state index contributed by atoms with van der Waals surface area (Å²) in [5.74, 6) is -0.728. The summed E-state index contributed by atoms with van der Waals surface area (Å²) in [6.45, 7) is 5.43. The molecule has 0 fully saturated rings. The van der Waals surface area contributed by atoms with Gasteiger partial charge >= 0.3 is 6.03 Å². The van der Waals surface area contributed by atoms with Crippen LogP contribution in [-0.2, 0) is 4.79 Å². The molecule has 2 aromatic carbocycles. The van der Waals surface area contributed by atoms with Gasteiger partial charge in [0.05, 0.1) is 22.1 Å². The third kappa shape index (κ3) is 4.40. The molecule has 0 unspecified atom stereocenters. The number of aliphatic imine (C=N–C) groups is 1. The molecule has 152 valence electrons. The van der Waals surface area contributed by atoms with Gasteiger partial charge in [-0.1, -0.05) is 23.7 Å². The molecule has 2 N–H and O–H groups in total. The molecule has 0 aromatic heterocycles. The van der Waals surface area contributed by atoms with Gasteiger partial charge in [-0.3, -0.25) is 9.79 Å². The maximum absolute atomic E-state index is 14.5. The molecule has 0 atom stereocenters. The fourth-order valence-electron chi connectivity index (χ4n) is 3.00. The molecule has 1 aliphatic heterocycles. The molecule has 6 nitrogen and oxygen atoms in total. The van der Waals surface area contributed by atoms with Crippen molar-refractivity contribution in [2.75, 3.05) is 23.8 Å². The van der Waals surface area contributed by atoms with Crippen molar-refractivity contribution in [2.24, 2.45) is 4.99 Å². The highest BCUT2D eigenvalue weighted by Crippen LogP contribution is 2.37. The Morgan fingerprint density at radius 3 is 2.55 bits per heavy atom. The number of nitrogens with one attached hydrogen (secondary N) is 2. The smallest absolute Gasteiger partial charge is 0.319 e. The van der Waals surface area contributed by atoms with E-state index in [0.29, 0.717) is 16.9 Å². The largest absolute Gasteiger partial charge is 0.333 e. The maximum Gasteiger partial charge on any atom is 0.319 e. The van der Waals surface area contributed by atoms with Gasteiger partial charge in [0.25, 0.3) is 0 Å². The van der Waals surface area contributed by atoms with Crippen molar-refractivity contribution in [2.45, 2.75) is 26.3 Å². The zero-order chi connectivity index (χ0) is 21.3. The molecule has 0 radical (unpaired) electrons. The van der Waals surface area contributed by atoms with E-state index in [-0.39, 0.29) is 28.7 Å². The molecule has 3 amide bonds. The summed E-state index contributed by atoms with van der Waals surface area (Å²) in [7, 11) is 1.61. The number of urea groups is 1. The van der Waals surface area contributed by atoms with E-state index in [1.54, 1.807) is 37.4 Å². The lowest BCUT2D eigenvalue weighted by molar-refractivity contribution is -0.116. The van der Waals surface area contributed by atoms with Crippen LogP contribution in [0.3, 0.4) is 0 Å². The highest BCUT2D eigenvalue weighted by atomic mass is 35.5. The predicted molar refractivity (Wildman–Crippen MR) is 114 cm³/mol. The van der Waals surface area contributed by atoms with Crippen molar-refractivity contribution >= 4 is 40.6 Å². The number of carbonyl (C=O) groups is 2. The Kier molecular flexibility index (Phi) is 5.61. The van der Waals surface area contributed by atoms with Gasteiger partial charge in [0.15, 0.2) is 0 Å². The Bertz CT molecular complexity index is 1010. The van der Waals surface area contributed by atoms with Crippen molar-refractivity contribution in [3.63, 3.8) is 0 Å². The van der Waals surface area contributed by atoms with Crippen molar-refractivity contribution in [3.8, 4) is 0 Å². The highest BCUT2D eigenvalue weighted by molar-refractivity contribution is 6.40. The molecule has 1 aliphatic rings. The number of hydrogen-bond donors (Lipinski definition) is 2. The summed E-state index contributed by atoms with van der Waals surface area (Å²) in [5, 5.41) is 5.68. The second-order valence-electron chi connectivity index (χ2n) is 7.75. The van der Waals surface area contributed by atoms with E-state index >= 15 is 0 Å². The van der Waals surface area contributed by atoms with E-state index in [2.05, 4.69) is 15.6 Å². The lowest BCUT2D eigenvalue weighted by Gasteiger charge is -2.23. The number of benzodiazepines with no additional fused rings is 1. The van der Waals surface area contributed by atoms with Crippen LogP contribution in [0.25, 0.3) is 0 Å². The average molecular weight is 417 g/mol. The van der Waals surface area contributed by atoms with Crippen LogP contribution >= 0.6 is 11.6 Å². The van der Waals surface area contributed by atoms with Crippen molar-refractivity contribution in [3.05, 3.63) is 58.4 Å². The van der Waals surface area contributed by atoms with Gasteiger partial charge in [0.1, 0.15) is 12.4 Å².